The molecule has 7 rings (SSSR count). The number of benzene rings is 2. The fourth-order valence-electron chi connectivity index (χ4n) is 6.16. The van der Waals surface area contributed by atoms with Gasteiger partial charge in [-0.25, -0.2) is 4.98 Å². The maximum Gasteiger partial charge on any atom is 0.274 e. The summed E-state index contributed by atoms with van der Waals surface area (Å²) in [6.45, 7) is 1.86. The summed E-state index contributed by atoms with van der Waals surface area (Å²) in [5.74, 6) is 0.394. The first-order valence-corrected chi connectivity index (χ1v) is 12.8. The van der Waals surface area contributed by atoms with Crippen molar-refractivity contribution >= 4 is 17.5 Å². The van der Waals surface area contributed by atoms with Gasteiger partial charge in [-0.05, 0) is 35.7 Å². The van der Waals surface area contributed by atoms with Gasteiger partial charge in [-0.2, -0.15) is 0 Å². The number of hydrogen-bond acceptors (Lipinski definition) is 7. The summed E-state index contributed by atoms with van der Waals surface area (Å²) in [5.41, 5.74) is 2.59. The number of aromatic nitrogens is 5. The number of likely N-dealkylation sites (tertiary alicyclic amines) is 1. The van der Waals surface area contributed by atoms with Crippen LogP contribution in [-0.4, -0.2) is 54.8 Å². The lowest BCUT2D eigenvalue weighted by molar-refractivity contribution is -0.124. The third-order valence-electron chi connectivity index (χ3n) is 7.75. The number of rotatable bonds is 1. The number of carbonyl (C=O) groups excluding carboxylic acids is 2. The average molecular weight is 508 g/mol. The molecule has 1 fully saturated rings. The number of anilines is 1. The highest BCUT2D eigenvalue weighted by molar-refractivity contribution is 6.09. The molecule has 6 bridgehead atoms. The average Bonchev–Trinajstić information content (AvgIpc) is 3.64. The van der Waals surface area contributed by atoms with Crippen LogP contribution in [0.2, 0.25) is 0 Å². The van der Waals surface area contributed by atoms with Crippen LogP contribution < -0.4 is 9.64 Å². The van der Waals surface area contributed by atoms with E-state index in [1.165, 1.54) is 18.6 Å². The highest BCUT2D eigenvalue weighted by Crippen LogP contribution is 2.57. The van der Waals surface area contributed by atoms with Crippen LogP contribution in [0.15, 0.2) is 73.3 Å². The Bertz CT molecular complexity index is 1540. The minimum atomic E-state index is -0.969. The molecule has 38 heavy (non-hydrogen) atoms. The molecule has 2 aromatic heterocycles. The van der Waals surface area contributed by atoms with E-state index in [9.17, 15) is 9.59 Å². The molecule has 1 spiro atoms. The van der Waals surface area contributed by atoms with Crippen LogP contribution in [0.3, 0.4) is 0 Å². The zero-order valence-corrected chi connectivity index (χ0v) is 20.6. The van der Waals surface area contributed by atoms with Gasteiger partial charge in [0.25, 0.3) is 5.91 Å². The molecule has 5 heterocycles. The number of para-hydroxylation sites is 1. The highest BCUT2D eigenvalue weighted by Gasteiger charge is 2.61. The maximum atomic E-state index is 14.6. The number of fused-ring (bicyclic) bond motifs is 8. The summed E-state index contributed by atoms with van der Waals surface area (Å²) in [6, 6.07) is 15.1. The molecule has 3 aliphatic rings. The first-order valence-electron chi connectivity index (χ1n) is 12.8. The third-order valence-corrected chi connectivity index (χ3v) is 7.75. The van der Waals surface area contributed by atoms with Crippen LogP contribution in [0.25, 0.3) is 0 Å². The minimum Gasteiger partial charge on any atom is -0.494 e. The Kier molecular flexibility index (Phi) is 5.20. The Morgan fingerprint density at radius 2 is 2.00 bits per heavy atom. The van der Waals surface area contributed by atoms with Crippen LogP contribution in [0.4, 0.5) is 5.69 Å². The molecule has 4 aromatic rings. The van der Waals surface area contributed by atoms with Gasteiger partial charge >= 0.3 is 0 Å². The number of aryl methyl sites for hydroxylation is 1. The Balaban J connectivity index is 1.43. The van der Waals surface area contributed by atoms with E-state index >= 15 is 0 Å². The highest BCUT2D eigenvalue weighted by atomic mass is 16.5. The first kappa shape index (κ1) is 22.6. The van der Waals surface area contributed by atoms with Gasteiger partial charge in [-0.1, -0.05) is 35.5 Å². The van der Waals surface area contributed by atoms with E-state index in [0.29, 0.717) is 44.1 Å². The molecule has 190 valence electrons. The summed E-state index contributed by atoms with van der Waals surface area (Å²) >= 11 is 0. The van der Waals surface area contributed by atoms with Gasteiger partial charge in [0.15, 0.2) is 0 Å². The fourth-order valence-corrected chi connectivity index (χ4v) is 6.16. The van der Waals surface area contributed by atoms with Crippen molar-refractivity contribution in [3.63, 3.8) is 0 Å². The smallest absolute Gasteiger partial charge is 0.274 e. The molecular formula is C28H25N7O3. The molecule has 2 aromatic carbocycles. The van der Waals surface area contributed by atoms with Gasteiger partial charge in [0.05, 0.1) is 31.6 Å². The summed E-state index contributed by atoms with van der Waals surface area (Å²) in [4.78, 5) is 40.4. The van der Waals surface area contributed by atoms with Crippen molar-refractivity contribution in [3.05, 3.63) is 95.8 Å². The van der Waals surface area contributed by atoms with Crippen molar-refractivity contribution in [1.82, 2.24) is 29.9 Å². The molecule has 2 atom stereocenters. The zero-order valence-electron chi connectivity index (χ0n) is 20.6. The monoisotopic (exact) mass is 507 g/mol. The number of carbonyl (C=O) groups is 2. The van der Waals surface area contributed by atoms with E-state index in [2.05, 4.69) is 20.3 Å². The van der Waals surface area contributed by atoms with E-state index in [0.717, 1.165) is 23.2 Å². The van der Waals surface area contributed by atoms with E-state index in [1.54, 1.807) is 14.5 Å². The topological polar surface area (TPSA) is 106 Å². The van der Waals surface area contributed by atoms with E-state index in [4.69, 9.17) is 4.74 Å². The predicted octanol–water partition coefficient (Wildman–Crippen LogP) is 2.92. The predicted molar refractivity (Wildman–Crippen MR) is 136 cm³/mol. The van der Waals surface area contributed by atoms with Crippen LogP contribution >= 0.6 is 0 Å². The third kappa shape index (κ3) is 3.40. The maximum absolute atomic E-state index is 14.6. The lowest BCUT2D eigenvalue weighted by atomic mass is 9.72. The number of nitrogens with zero attached hydrogens (tertiary/aromatic N) is 7. The van der Waals surface area contributed by atoms with Crippen LogP contribution in [0.1, 0.15) is 46.2 Å². The molecule has 0 saturated carbocycles. The van der Waals surface area contributed by atoms with Crippen molar-refractivity contribution in [2.75, 3.05) is 18.1 Å². The molecule has 3 aliphatic heterocycles. The van der Waals surface area contributed by atoms with Crippen LogP contribution in [-0.2, 0) is 23.3 Å². The number of amides is 2. The summed E-state index contributed by atoms with van der Waals surface area (Å²) < 4.78 is 7.88. The molecule has 10 nitrogen and oxygen atoms in total. The van der Waals surface area contributed by atoms with Crippen molar-refractivity contribution in [1.29, 1.82) is 0 Å². The Morgan fingerprint density at radius 1 is 1.08 bits per heavy atom. The second-order valence-corrected chi connectivity index (χ2v) is 9.87. The van der Waals surface area contributed by atoms with Crippen molar-refractivity contribution in [2.45, 2.75) is 37.4 Å². The largest absolute Gasteiger partial charge is 0.494 e. The summed E-state index contributed by atoms with van der Waals surface area (Å²) in [6.07, 6.45) is 7.64. The van der Waals surface area contributed by atoms with Crippen molar-refractivity contribution in [2.24, 2.45) is 0 Å². The van der Waals surface area contributed by atoms with Gasteiger partial charge in [0, 0.05) is 37.6 Å². The van der Waals surface area contributed by atoms with E-state index < -0.39 is 11.5 Å². The number of hydrogen-bond donors (Lipinski definition) is 0. The molecule has 10 heteroatoms. The molecule has 0 radical (unpaired) electrons. The molecule has 1 saturated heterocycles. The lowest BCUT2D eigenvalue weighted by Crippen LogP contribution is -2.45. The number of ether oxygens (including phenoxy) is 1. The van der Waals surface area contributed by atoms with Crippen LogP contribution in [0.5, 0.6) is 5.75 Å². The summed E-state index contributed by atoms with van der Waals surface area (Å²) in [7, 11) is 0. The minimum absolute atomic E-state index is 0.0473. The Morgan fingerprint density at radius 3 is 2.89 bits per heavy atom. The van der Waals surface area contributed by atoms with Gasteiger partial charge in [-0.3, -0.25) is 19.3 Å². The van der Waals surface area contributed by atoms with E-state index in [1.807, 2.05) is 54.7 Å². The van der Waals surface area contributed by atoms with Gasteiger partial charge < -0.3 is 14.5 Å². The normalized spacial score (nSPS) is 22.2. The standard InChI is InChI=1S/C28H25N7O3/c36-26(23-16-29-10-11-30-23)34-13-9-28-22-7-1-2-8-24(22)35(27(28)37)18-20-17-33(32-31-20)12-4-14-38-21-6-3-5-19(15-21)25(28)34/h1-3,5-8,10-11,15-17,25H,4,9,12-14,18H2/t25-,28-/m0/s1. The van der Waals surface area contributed by atoms with Gasteiger partial charge in [0.1, 0.15) is 22.6 Å². The molecule has 0 unspecified atom stereocenters. The summed E-state index contributed by atoms with van der Waals surface area (Å²) in [5, 5.41) is 8.59. The van der Waals surface area contributed by atoms with Gasteiger partial charge in [0.2, 0.25) is 5.91 Å². The second-order valence-electron chi connectivity index (χ2n) is 9.87. The Labute approximate surface area is 218 Å². The molecular weight excluding hydrogens is 482 g/mol. The zero-order chi connectivity index (χ0) is 25.7. The lowest BCUT2D eigenvalue weighted by Gasteiger charge is -2.35. The second kappa shape index (κ2) is 8.76. The van der Waals surface area contributed by atoms with Crippen molar-refractivity contribution in [3.8, 4) is 5.75 Å². The quantitative estimate of drug-likeness (QED) is 0.390. The molecule has 2 amide bonds. The first-order chi connectivity index (χ1) is 18.6. The molecule has 0 N–H and O–H groups in total. The molecule has 0 aliphatic carbocycles. The van der Waals surface area contributed by atoms with Crippen molar-refractivity contribution < 1.29 is 14.3 Å². The van der Waals surface area contributed by atoms with E-state index in [-0.39, 0.29) is 17.5 Å². The van der Waals surface area contributed by atoms with Crippen LogP contribution in [0, 0.1) is 0 Å². The SMILES string of the molecule is O=C(c1cnccn1)N1CC[C@@]23C(=O)N(Cc4cn(nn4)CCCOc4cccc(c4)[C@H]12)c1ccccc13. The van der Waals surface area contributed by atoms with Gasteiger partial charge in [-0.15, -0.1) is 5.10 Å². The fraction of sp³-hybridized carbons (Fsp3) is 0.286. The Hall–Kier alpha value is -4.60.